The summed E-state index contributed by atoms with van der Waals surface area (Å²) in [6, 6.07) is 0. The monoisotopic (exact) mass is 256 g/mol. The lowest BCUT2D eigenvalue weighted by atomic mass is 9.92. The Labute approximate surface area is 98.7 Å². The van der Waals surface area contributed by atoms with Gasteiger partial charge >= 0.3 is 0 Å². The highest BCUT2D eigenvalue weighted by Gasteiger charge is 2.32. The van der Waals surface area contributed by atoms with Crippen molar-refractivity contribution in [3.63, 3.8) is 0 Å². The van der Waals surface area contributed by atoms with Crippen LogP contribution in [0.3, 0.4) is 0 Å². The van der Waals surface area contributed by atoms with Gasteiger partial charge in [-0.2, -0.15) is 0 Å². The van der Waals surface area contributed by atoms with E-state index in [1.54, 1.807) is 13.8 Å². The molecule has 0 radical (unpaired) electrons. The van der Waals surface area contributed by atoms with Crippen molar-refractivity contribution in [2.45, 2.75) is 44.4 Å². The Morgan fingerprint density at radius 3 is 2.13 bits per heavy atom. The van der Waals surface area contributed by atoms with Crippen molar-refractivity contribution in [1.82, 2.24) is 10.0 Å². The Kier molecular flexibility index (Phi) is 5.54. The number of rotatable bonds is 3. The predicted octanol–water partition coefficient (Wildman–Crippen LogP) is 0.878. The zero-order valence-electron chi connectivity index (χ0n) is 9.54. The van der Waals surface area contributed by atoms with Gasteiger partial charge in [-0.05, 0) is 46.7 Å². The van der Waals surface area contributed by atoms with E-state index in [2.05, 4.69) is 10.0 Å². The highest BCUT2D eigenvalue weighted by molar-refractivity contribution is 7.90. The van der Waals surface area contributed by atoms with Crippen LogP contribution < -0.4 is 10.0 Å². The smallest absolute Gasteiger partial charge is 0.214 e. The van der Waals surface area contributed by atoms with E-state index in [9.17, 15) is 8.42 Å². The predicted molar refractivity (Wildman–Crippen MR) is 64.9 cm³/mol. The van der Waals surface area contributed by atoms with E-state index < -0.39 is 10.0 Å². The number of hydrogen-bond acceptors (Lipinski definition) is 3. The highest BCUT2D eigenvalue weighted by atomic mass is 35.5. The van der Waals surface area contributed by atoms with Crippen molar-refractivity contribution < 1.29 is 8.42 Å². The van der Waals surface area contributed by atoms with Crippen molar-refractivity contribution in [3.8, 4) is 0 Å². The summed E-state index contributed by atoms with van der Waals surface area (Å²) in [6.07, 6.45) is 1.72. The molecule has 1 fully saturated rings. The van der Waals surface area contributed by atoms with E-state index in [1.165, 1.54) is 0 Å². The molecule has 0 saturated carbocycles. The van der Waals surface area contributed by atoms with Gasteiger partial charge in [0, 0.05) is 5.54 Å². The largest absolute Gasteiger partial charge is 0.317 e. The number of sulfonamides is 1. The fraction of sp³-hybridized carbons (Fsp3) is 1.00. The van der Waals surface area contributed by atoms with Crippen LogP contribution in [0.1, 0.15) is 33.6 Å². The van der Waals surface area contributed by atoms with Gasteiger partial charge in [-0.1, -0.05) is 0 Å². The van der Waals surface area contributed by atoms with Crippen LogP contribution in [0.4, 0.5) is 0 Å². The van der Waals surface area contributed by atoms with Gasteiger partial charge in [-0.3, -0.25) is 0 Å². The molecule has 0 aliphatic carbocycles. The van der Waals surface area contributed by atoms with Gasteiger partial charge in [-0.25, -0.2) is 13.1 Å². The van der Waals surface area contributed by atoms with Crippen molar-refractivity contribution in [2.75, 3.05) is 13.1 Å². The van der Waals surface area contributed by atoms with Gasteiger partial charge in [0.1, 0.15) is 0 Å². The number of halogens is 1. The van der Waals surface area contributed by atoms with Crippen LogP contribution in [0.25, 0.3) is 0 Å². The quantitative estimate of drug-likeness (QED) is 0.788. The Morgan fingerprint density at radius 1 is 1.27 bits per heavy atom. The molecular formula is C9H21ClN2O2S. The molecule has 0 spiro atoms. The average molecular weight is 257 g/mol. The summed E-state index contributed by atoms with van der Waals surface area (Å²) in [5, 5.41) is 2.87. The van der Waals surface area contributed by atoms with Crippen molar-refractivity contribution in [1.29, 1.82) is 0 Å². The lowest BCUT2D eigenvalue weighted by Crippen LogP contribution is -2.53. The summed E-state index contributed by atoms with van der Waals surface area (Å²) >= 11 is 0. The maximum Gasteiger partial charge on any atom is 0.214 e. The molecule has 1 saturated heterocycles. The Morgan fingerprint density at radius 2 is 1.73 bits per heavy atom. The third-order valence-corrected chi connectivity index (χ3v) is 4.73. The molecule has 1 aliphatic rings. The second kappa shape index (κ2) is 5.48. The van der Waals surface area contributed by atoms with E-state index in [0.717, 1.165) is 25.9 Å². The van der Waals surface area contributed by atoms with Crippen molar-refractivity contribution in [2.24, 2.45) is 0 Å². The molecule has 1 rings (SSSR count). The minimum Gasteiger partial charge on any atom is -0.317 e. The van der Waals surface area contributed by atoms with Gasteiger partial charge in [0.2, 0.25) is 10.0 Å². The van der Waals surface area contributed by atoms with E-state index in [4.69, 9.17) is 0 Å². The second-order valence-corrected chi connectivity index (χ2v) is 6.74. The maximum absolute atomic E-state index is 11.7. The SMILES string of the molecule is CC(C)S(=O)(=O)NC1(C)CCNCC1.Cl. The summed E-state index contributed by atoms with van der Waals surface area (Å²) in [6.45, 7) is 7.15. The summed E-state index contributed by atoms with van der Waals surface area (Å²) < 4.78 is 26.1. The third kappa shape index (κ3) is 4.26. The minimum absolute atomic E-state index is 0. The van der Waals surface area contributed by atoms with Gasteiger partial charge in [0.05, 0.1) is 5.25 Å². The van der Waals surface area contributed by atoms with Crippen LogP contribution in [0.2, 0.25) is 0 Å². The van der Waals surface area contributed by atoms with E-state index in [-0.39, 0.29) is 23.2 Å². The summed E-state index contributed by atoms with van der Waals surface area (Å²) in [4.78, 5) is 0. The van der Waals surface area contributed by atoms with Crippen molar-refractivity contribution in [3.05, 3.63) is 0 Å². The average Bonchev–Trinajstić information content (AvgIpc) is 2.03. The molecule has 1 heterocycles. The molecule has 0 aromatic carbocycles. The Balaban J connectivity index is 0.00000196. The molecule has 0 aromatic rings. The van der Waals surface area contributed by atoms with Crippen molar-refractivity contribution >= 4 is 22.4 Å². The first-order valence-electron chi connectivity index (χ1n) is 5.09. The molecular weight excluding hydrogens is 236 g/mol. The zero-order chi connectivity index (χ0) is 10.8. The normalized spacial score (nSPS) is 21.1. The Hall–Kier alpha value is 0.160. The molecule has 15 heavy (non-hydrogen) atoms. The van der Waals surface area contributed by atoms with Crippen LogP contribution >= 0.6 is 12.4 Å². The molecule has 0 aromatic heterocycles. The van der Waals surface area contributed by atoms with Gasteiger partial charge in [0.25, 0.3) is 0 Å². The highest BCUT2D eigenvalue weighted by Crippen LogP contribution is 2.19. The summed E-state index contributed by atoms with van der Waals surface area (Å²) in [5.41, 5.74) is -0.256. The van der Waals surface area contributed by atoms with Crippen LogP contribution in [0, 0.1) is 0 Å². The summed E-state index contributed by atoms with van der Waals surface area (Å²) in [7, 11) is -3.13. The van der Waals surface area contributed by atoms with E-state index in [0.29, 0.717) is 0 Å². The molecule has 0 unspecified atom stereocenters. The lowest BCUT2D eigenvalue weighted by Gasteiger charge is -2.35. The first-order valence-corrected chi connectivity index (χ1v) is 6.64. The molecule has 4 nitrogen and oxygen atoms in total. The molecule has 0 amide bonds. The molecule has 0 atom stereocenters. The zero-order valence-corrected chi connectivity index (χ0v) is 11.2. The fourth-order valence-electron chi connectivity index (χ4n) is 1.54. The van der Waals surface area contributed by atoms with E-state index >= 15 is 0 Å². The maximum atomic E-state index is 11.7. The van der Waals surface area contributed by atoms with Gasteiger partial charge in [0.15, 0.2) is 0 Å². The van der Waals surface area contributed by atoms with E-state index in [1.807, 2.05) is 6.92 Å². The van der Waals surface area contributed by atoms with Crippen LogP contribution in [-0.4, -0.2) is 32.3 Å². The number of hydrogen-bond donors (Lipinski definition) is 2. The first kappa shape index (κ1) is 15.2. The first-order chi connectivity index (χ1) is 6.36. The number of nitrogens with one attached hydrogen (secondary N) is 2. The lowest BCUT2D eigenvalue weighted by molar-refractivity contribution is 0.307. The molecule has 1 aliphatic heterocycles. The van der Waals surface area contributed by atoms with Crippen LogP contribution in [0.5, 0.6) is 0 Å². The Bertz CT molecular complexity index is 284. The third-order valence-electron chi connectivity index (χ3n) is 2.72. The second-order valence-electron chi connectivity index (χ2n) is 4.51. The molecule has 0 bridgehead atoms. The topological polar surface area (TPSA) is 58.2 Å². The number of piperidine rings is 1. The van der Waals surface area contributed by atoms with Gasteiger partial charge in [-0.15, -0.1) is 12.4 Å². The van der Waals surface area contributed by atoms with Crippen LogP contribution in [-0.2, 0) is 10.0 Å². The van der Waals surface area contributed by atoms with Crippen LogP contribution in [0.15, 0.2) is 0 Å². The fourth-order valence-corrected chi connectivity index (χ4v) is 2.67. The van der Waals surface area contributed by atoms with Gasteiger partial charge < -0.3 is 5.32 Å². The molecule has 92 valence electrons. The minimum atomic E-state index is -3.13. The summed E-state index contributed by atoms with van der Waals surface area (Å²) in [5.74, 6) is 0. The molecule has 6 heteroatoms. The molecule has 2 N–H and O–H groups in total. The standard InChI is InChI=1S/C9H20N2O2S.ClH/c1-8(2)14(12,13)11-9(3)4-6-10-7-5-9;/h8,10-11H,4-7H2,1-3H3;1H.